The fraction of sp³-hybridized carbons (Fsp3) is 0.500. The average molecular weight is 238 g/mol. The lowest BCUT2D eigenvalue weighted by Gasteiger charge is -2.13. The zero-order valence-corrected chi connectivity index (χ0v) is 10.4. The summed E-state index contributed by atoms with van der Waals surface area (Å²) in [6.07, 6.45) is 3.14. The Kier molecular flexibility index (Phi) is 5.67. The van der Waals surface area contributed by atoms with Crippen molar-refractivity contribution in [1.29, 1.82) is 0 Å². The Morgan fingerprint density at radius 3 is 2.53 bits per heavy atom. The Morgan fingerprint density at radius 2 is 1.94 bits per heavy atom. The van der Waals surface area contributed by atoms with Gasteiger partial charge in [0.25, 0.3) is 0 Å². The second-order valence-electron chi connectivity index (χ2n) is 4.14. The van der Waals surface area contributed by atoms with Crippen LogP contribution in [0.25, 0.3) is 0 Å². The Bertz CT molecular complexity index is 346. The number of rotatable bonds is 6. The van der Waals surface area contributed by atoms with Gasteiger partial charge in [0.2, 0.25) is 0 Å². The molecule has 94 valence electrons. The first kappa shape index (κ1) is 13.7. The molecule has 0 aliphatic heterocycles. The van der Waals surface area contributed by atoms with E-state index < -0.39 is 0 Å². The number of hydrogen-bond acceptors (Lipinski definition) is 2. The van der Waals surface area contributed by atoms with Crippen LogP contribution < -0.4 is 0 Å². The van der Waals surface area contributed by atoms with Crippen LogP contribution in [0.15, 0.2) is 24.3 Å². The molecule has 0 radical (unpaired) electrons. The average Bonchev–Trinajstić information content (AvgIpc) is 2.30. The molecule has 0 spiro atoms. The van der Waals surface area contributed by atoms with Crippen LogP contribution in [0.1, 0.15) is 51.2 Å². The van der Waals surface area contributed by atoms with Gasteiger partial charge in [0.05, 0.1) is 0 Å². The van der Waals surface area contributed by atoms with Crippen LogP contribution in [0, 0.1) is 5.82 Å². The zero-order valence-electron chi connectivity index (χ0n) is 10.4. The molecule has 0 bridgehead atoms. The van der Waals surface area contributed by atoms with E-state index >= 15 is 0 Å². The Labute approximate surface area is 102 Å². The maximum atomic E-state index is 12.7. The fourth-order valence-corrected chi connectivity index (χ4v) is 1.58. The largest absolute Gasteiger partial charge is 0.458 e. The van der Waals surface area contributed by atoms with Crippen LogP contribution in [-0.4, -0.2) is 5.97 Å². The second-order valence-corrected chi connectivity index (χ2v) is 4.14. The topological polar surface area (TPSA) is 26.3 Å². The molecule has 0 heterocycles. The summed E-state index contributed by atoms with van der Waals surface area (Å²) in [6, 6.07) is 6.02. The molecule has 0 saturated carbocycles. The molecule has 17 heavy (non-hydrogen) atoms. The summed E-state index contributed by atoms with van der Waals surface area (Å²) in [7, 11) is 0. The number of benzene rings is 1. The molecule has 0 unspecified atom stereocenters. The van der Waals surface area contributed by atoms with Gasteiger partial charge < -0.3 is 4.74 Å². The van der Waals surface area contributed by atoms with E-state index in [2.05, 4.69) is 6.92 Å². The molecule has 0 aliphatic rings. The van der Waals surface area contributed by atoms with E-state index in [9.17, 15) is 9.18 Å². The van der Waals surface area contributed by atoms with E-state index in [4.69, 9.17) is 4.74 Å². The number of esters is 1. The normalized spacial score (nSPS) is 12.2. The highest BCUT2D eigenvalue weighted by Gasteiger charge is 2.11. The van der Waals surface area contributed by atoms with Gasteiger partial charge in [0, 0.05) is 6.42 Å². The van der Waals surface area contributed by atoms with Crippen molar-refractivity contribution >= 4 is 5.97 Å². The quantitative estimate of drug-likeness (QED) is 0.553. The van der Waals surface area contributed by atoms with Crippen molar-refractivity contribution in [3.05, 3.63) is 35.6 Å². The summed E-state index contributed by atoms with van der Waals surface area (Å²) in [5, 5.41) is 0. The van der Waals surface area contributed by atoms with Crippen molar-refractivity contribution in [3.8, 4) is 0 Å². The highest BCUT2D eigenvalue weighted by atomic mass is 19.1. The predicted octanol–water partition coefficient (Wildman–Crippen LogP) is 4.01. The SMILES string of the molecule is CCCCCC(=O)O[C@H](C)c1ccc(F)cc1. The summed E-state index contributed by atoms with van der Waals surface area (Å²) in [6.45, 7) is 3.89. The van der Waals surface area contributed by atoms with Gasteiger partial charge in [-0.05, 0) is 31.0 Å². The van der Waals surface area contributed by atoms with Gasteiger partial charge in [0.1, 0.15) is 11.9 Å². The minimum absolute atomic E-state index is 0.185. The zero-order chi connectivity index (χ0) is 12.7. The first-order valence-corrected chi connectivity index (χ1v) is 6.08. The van der Waals surface area contributed by atoms with Crippen molar-refractivity contribution in [2.24, 2.45) is 0 Å². The number of hydrogen-bond donors (Lipinski definition) is 0. The Hall–Kier alpha value is -1.38. The van der Waals surface area contributed by atoms with Gasteiger partial charge in [-0.25, -0.2) is 4.39 Å². The van der Waals surface area contributed by atoms with Gasteiger partial charge in [-0.15, -0.1) is 0 Å². The number of halogens is 1. The highest BCUT2D eigenvalue weighted by molar-refractivity contribution is 5.69. The van der Waals surface area contributed by atoms with Gasteiger partial charge in [-0.3, -0.25) is 4.79 Å². The summed E-state index contributed by atoms with van der Waals surface area (Å²) in [5.74, 6) is -0.467. The summed E-state index contributed by atoms with van der Waals surface area (Å²) in [5.41, 5.74) is 0.815. The van der Waals surface area contributed by atoms with E-state index in [0.29, 0.717) is 6.42 Å². The van der Waals surface area contributed by atoms with Crippen molar-refractivity contribution < 1.29 is 13.9 Å². The number of carbonyl (C=O) groups is 1. The maximum absolute atomic E-state index is 12.7. The van der Waals surface area contributed by atoms with Crippen molar-refractivity contribution in [3.63, 3.8) is 0 Å². The molecule has 1 atom stereocenters. The van der Waals surface area contributed by atoms with Crippen LogP contribution in [0.2, 0.25) is 0 Å². The van der Waals surface area contributed by atoms with Crippen LogP contribution in [0.4, 0.5) is 4.39 Å². The molecule has 3 heteroatoms. The van der Waals surface area contributed by atoms with Gasteiger partial charge >= 0.3 is 5.97 Å². The smallest absolute Gasteiger partial charge is 0.306 e. The summed E-state index contributed by atoms with van der Waals surface area (Å²) < 4.78 is 18.0. The van der Waals surface area contributed by atoms with Crippen LogP contribution >= 0.6 is 0 Å². The molecule has 0 aromatic heterocycles. The molecule has 0 amide bonds. The lowest BCUT2D eigenvalue weighted by molar-refractivity contribution is -0.148. The summed E-state index contributed by atoms with van der Waals surface area (Å²) >= 11 is 0. The molecule has 0 aliphatic carbocycles. The fourth-order valence-electron chi connectivity index (χ4n) is 1.58. The van der Waals surface area contributed by atoms with E-state index in [1.54, 1.807) is 19.1 Å². The van der Waals surface area contributed by atoms with E-state index in [-0.39, 0.29) is 17.9 Å². The second kappa shape index (κ2) is 7.05. The monoisotopic (exact) mass is 238 g/mol. The number of carbonyl (C=O) groups excluding carboxylic acids is 1. The lowest BCUT2D eigenvalue weighted by Crippen LogP contribution is -2.08. The van der Waals surface area contributed by atoms with Crippen molar-refractivity contribution in [2.75, 3.05) is 0 Å². The Balaban J connectivity index is 2.40. The molecular weight excluding hydrogens is 219 g/mol. The molecule has 0 fully saturated rings. The van der Waals surface area contributed by atoms with Gasteiger partial charge in [-0.2, -0.15) is 0 Å². The third kappa shape index (κ3) is 4.98. The minimum atomic E-state index is -0.315. The van der Waals surface area contributed by atoms with Gasteiger partial charge in [0.15, 0.2) is 0 Å². The first-order chi connectivity index (χ1) is 8.13. The number of unbranched alkanes of at least 4 members (excludes halogenated alkanes) is 2. The van der Waals surface area contributed by atoms with E-state index in [1.165, 1.54) is 12.1 Å². The predicted molar refractivity (Wildman–Crippen MR) is 65.0 cm³/mol. The van der Waals surface area contributed by atoms with Gasteiger partial charge in [-0.1, -0.05) is 31.9 Å². The maximum Gasteiger partial charge on any atom is 0.306 e. The lowest BCUT2D eigenvalue weighted by atomic mass is 10.1. The van der Waals surface area contributed by atoms with Crippen molar-refractivity contribution in [2.45, 2.75) is 45.6 Å². The summed E-state index contributed by atoms with van der Waals surface area (Å²) in [4.78, 5) is 11.5. The molecule has 1 rings (SSSR count). The molecule has 0 N–H and O–H groups in total. The van der Waals surface area contributed by atoms with Crippen molar-refractivity contribution in [1.82, 2.24) is 0 Å². The van der Waals surface area contributed by atoms with Crippen LogP contribution in [0.3, 0.4) is 0 Å². The molecule has 1 aromatic carbocycles. The minimum Gasteiger partial charge on any atom is -0.458 e. The van der Waals surface area contributed by atoms with E-state index in [0.717, 1.165) is 24.8 Å². The van der Waals surface area contributed by atoms with E-state index in [1.807, 2.05) is 0 Å². The first-order valence-electron chi connectivity index (χ1n) is 6.08. The molecule has 2 nitrogen and oxygen atoms in total. The van der Waals surface area contributed by atoms with Crippen LogP contribution in [-0.2, 0) is 9.53 Å². The molecular formula is C14H19FO2. The highest BCUT2D eigenvalue weighted by Crippen LogP contribution is 2.18. The molecule has 1 aromatic rings. The standard InChI is InChI=1S/C14H19FO2/c1-3-4-5-6-14(16)17-11(2)12-7-9-13(15)10-8-12/h7-11H,3-6H2,1-2H3/t11-/m1/s1. The third-order valence-corrected chi connectivity index (χ3v) is 2.63. The van der Waals surface area contributed by atoms with Crippen LogP contribution in [0.5, 0.6) is 0 Å². The molecule has 0 saturated heterocycles. The third-order valence-electron chi connectivity index (χ3n) is 2.63. The number of ether oxygens (including phenoxy) is 1. The Morgan fingerprint density at radius 1 is 1.29 bits per heavy atom.